The second kappa shape index (κ2) is 7.21. The van der Waals surface area contributed by atoms with Gasteiger partial charge in [0, 0.05) is 18.2 Å². The van der Waals surface area contributed by atoms with E-state index >= 15 is 0 Å². The zero-order chi connectivity index (χ0) is 16.1. The molecule has 0 atom stereocenters. The smallest absolute Gasteiger partial charge is 0.213 e. The Balaban J connectivity index is 1.71. The summed E-state index contributed by atoms with van der Waals surface area (Å²) in [5.74, 6) is 0.207. The van der Waals surface area contributed by atoms with Gasteiger partial charge in [-0.25, -0.2) is 9.37 Å². The van der Waals surface area contributed by atoms with E-state index in [1.807, 2.05) is 24.3 Å². The summed E-state index contributed by atoms with van der Waals surface area (Å²) in [4.78, 5) is 4.47. The molecule has 5 heteroatoms. The topological polar surface area (TPSA) is 57.9 Å². The predicted octanol–water partition coefficient (Wildman–Crippen LogP) is 2.81. The Bertz CT molecular complexity index is 720. The quantitative estimate of drug-likeness (QED) is 0.943. The lowest BCUT2D eigenvalue weighted by molar-refractivity contribution is 0.155. The van der Waals surface area contributed by atoms with Crippen molar-refractivity contribution in [3.63, 3.8) is 0 Å². The average Bonchev–Trinajstić information content (AvgIpc) is 2.58. The van der Waals surface area contributed by atoms with Gasteiger partial charge < -0.3 is 10.1 Å². The van der Waals surface area contributed by atoms with E-state index in [9.17, 15) is 4.39 Å². The predicted molar refractivity (Wildman–Crippen MR) is 84.7 cm³/mol. The fourth-order valence-corrected chi connectivity index (χ4v) is 2.66. The van der Waals surface area contributed by atoms with Crippen molar-refractivity contribution in [2.75, 3.05) is 13.1 Å². The number of rotatable bonds is 4. The minimum atomic E-state index is -0.379. The van der Waals surface area contributed by atoms with Gasteiger partial charge in [0.1, 0.15) is 11.9 Å². The molecule has 0 unspecified atom stereocenters. The molecule has 2 aromatic rings. The van der Waals surface area contributed by atoms with Crippen molar-refractivity contribution >= 4 is 0 Å². The Morgan fingerprint density at radius 2 is 2.09 bits per heavy atom. The number of piperidine rings is 1. The second-order valence-electron chi connectivity index (χ2n) is 5.63. The van der Waals surface area contributed by atoms with Crippen molar-refractivity contribution < 1.29 is 9.13 Å². The van der Waals surface area contributed by atoms with E-state index in [0.29, 0.717) is 23.4 Å². The van der Waals surface area contributed by atoms with Crippen LogP contribution in [0, 0.1) is 17.1 Å². The number of aromatic nitrogens is 1. The normalized spacial score (nSPS) is 15.1. The average molecular weight is 311 g/mol. The maximum absolute atomic E-state index is 14.0. The Kier molecular flexibility index (Phi) is 4.84. The van der Waals surface area contributed by atoms with Gasteiger partial charge >= 0.3 is 0 Å². The van der Waals surface area contributed by atoms with Gasteiger partial charge in [-0.05, 0) is 49.7 Å². The lowest BCUT2D eigenvalue weighted by Gasteiger charge is -2.23. The van der Waals surface area contributed by atoms with Crippen molar-refractivity contribution in [2.45, 2.75) is 25.4 Å². The van der Waals surface area contributed by atoms with Crippen LogP contribution in [0.25, 0.3) is 0 Å². The number of nitrogens with one attached hydrogen (secondary N) is 1. The molecule has 0 saturated carbocycles. The van der Waals surface area contributed by atoms with Crippen molar-refractivity contribution in [3.05, 3.63) is 59.0 Å². The maximum atomic E-state index is 14.0. The molecule has 0 radical (unpaired) electrons. The third-order valence-electron chi connectivity index (χ3n) is 3.91. The molecular weight excluding hydrogens is 293 g/mol. The highest BCUT2D eigenvalue weighted by Crippen LogP contribution is 2.18. The zero-order valence-corrected chi connectivity index (χ0v) is 12.8. The van der Waals surface area contributed by atoms with Gasteiger partial charge in [-0.15, -0.1) is 0 Å². The molecule has 1 N–H and O–H groups in total. The number of nitriles is 1. The number of hydrogen-bond donors (Lipinski definition) is 1. The van der Waals surface area contributed by atoms with Crippen LogP contribution in [0.4, 0.5) is 4.39 Å². The molecule has 2 heterocycles. The van der Waals surface area contributed by atoms with E-state index in [4.69, 9.17) is 10.00 Å². The first-order valence-corrected chi connectivity index (χ1v) is 7.76. The first-order valence-electron chi connectivity index (χ1n) is 7.76. The van der Waals surface area contributed by atoms with Crippen molar-refractivity contribution in [1.82, 2.24) is 10.3 Å². The number of pyridine rings is 1. The van der Waals surface area contributed by atoms with Crippen LogP contribution < -0.4 is 10.1 Å². The Labute approximate surface area is 134 Å². The van der Waals surface area contributed by atoms with Crippen molar-refractivity contribution in [2.24, 2.45) is 0 Å². The number of hydrogen-bond acceptors (Lipinski definition) is 4. The molecule has 1 aromatic carbocycles. The van der Waals surface area contributed by atoms with Crippen molar-refractivity contribution in [3.8, 4) is 11.9 Å². The molecule has 3 rings (SSSR count). The molecule has 1 saturated heterocycles. The van der Waals surface area contributed by atoms with Gasteiger partial charge in [0.05, 0.1) is 11.6 Å². The highest BCUT2D eigenvalue weighted by molar-refractivity contribution is 5.34. The molecule has 1 fully saturated rings. The third-order valence-corrected chi connectivity index (χ3v) is 3.91. The van der Waals surface area contributed by atoms with Gasteiger partial charge in [0.15, 0.2) is 0 Å². The summed E-state index contributed by atoms with van der Waals surface area (Å²) in [7, 11) is 0. The Morgan fingerprint density at radius 3 is 2.83 bits per heavy atom. The third kappa shape index (κ3) is 4.05. The Morgan fingerprint density at radius 1 is 1.26 bits per heavy atom. The fourth-order valence-electron chi connectivity index (χ4n) is 2.66. The highest BCUT2D eigenvalue weighted by Gasteiger charge is 2.15. The standard InChI is InChI=1S/C18H18FN3O/c19-17-10-13(12-20)4-5-14(17)11-15-2-1-3-18(22-15)23-16-6-8-21-9-7-16/h1-5,10,16,21H,6-9,11H2. The monoisotopic (exact) mass is 311 g/mol. The summed E-state index contributed by atoms with van der Waals surface area (Å²) in [5, 5.41) is 12.1. The molecule has 0 bridgehead atoms. The Hall–Kier alpha value is -2.45. The van der Waals surface area contributed by atoms with Crippen LogP contribution in [-0.2, 0) is 6.42 Å². The largest absolute Gasteiger partial charge is 0.474 e. The fraction of sp³-hybridized carbons (Fsp3) is 0.333. The second-order valence-corrected chi connectivity index (χ2v) is 5.63. The number of nitrogens with zero attached hydrogens (tertiary/aromatic N) is 2. The van der Waals surface area contributed by atoms with E-state index in [1.165, 1.54) is 6.07 Å². The van der Waals surface area contributed by atoms with Crippen LogP contribution in [0.3, 0.4) is 0 Å². The minimum absolute atomic E-state index is 0.186. The molecule has 4 nitrogen and oxygen atoms in total. The summed E-state index contributed by atoms with van der Waals surface area (Å²) >= 11 is 0. The summed E-state index contributed by atoms with van der Waals surface area (Å²) in [6.07, 6.45) is 2.50. The summed E-state index contributed by atoms with van der Waals surface area (Å²) < 4.78 is 19.9. The SMILES string of the molecule is N#Cc1ccc(Cc2cccc(OC3CCNCC3)n2)c(F)c1. The summed E-state index contributed by atoms with van der Waals surface area (Å²) in [6.45, 7) is 1.92. The molecule has 0 aliphatic carbocycles. The summed E-state index contributed by atoms with van der Waals surface area (Å²) in [6, 6.07) is 12.0. The van der Waals surface area contributed by atoms with Crippen LogP contribution in [0.15, 0.2) is 36.4 Å². The molecule has 1 aliphatic heterocycles. The number of halogens is 1. The maximum Gasteiger partial charge on any atom is 0.213 e. The molecule has 118 valence electrons. The lowest BCUT2D eigenvalue weighted by Crippen LogP contribution is -2.34. The minimum Gasteiger partial charge on any atom is -0.474 e. The van der Waals surface area contributed by atoms with E-state index in [0.717, 1.165) is 31.6 Å². The highest BCUT2D eigenvalue weighted by atomic mass is 19.1. The number of ether oxygens (including phenoxy) is 1. The first kappa shape index (κ1) is 15.4. The molecule has 0 spiro atoms. The van der Waals surface area contributed by atoms with Crippen molar-refractivity contribution in [1.29, 1.82) is 5.26 Å². The zero-order valence-electron chi connectivity index (χ0n) is 12.8. The molecular formula is C18H18FN3O. The molecule has 1 aliphatic rings. The van der Waals surface area contributed by atoms with Gasteiger partial charge in [0.2, 0.25) is 5.88 Å². The van der Waals surface area contributed by atoms with E-state index in [-0.39, 0.29) is 11.9 Å². The van der Waals surface area contributed by atoms with E-state index in [1.54, 1.807) is 12.1 Å². The van der Waals surface area contributed by atoms with E-state index < -0.39 is 0 Å². The van der Waals surface area contributed by atoms with Crippen LogP contribution in [0.2, 0.25) is 0 Å². The van der Waals surface area contributed by atoms with Gasteiger partial charge in [0.25, 0.3) is 0 Å². The van der Waals surface area contributed by atoms with E-state index in [2.05, 4.69) is 10.3 Å². The van der Waals surface area contributed by atoms with Gasteiger partial charge in [-0.1, -0.05) is 12.1 Å². The molecule has 1 aromatic heterocycles. The van der Waals surface area contributed by atoms with Crippen LogP contribution in [-0.4, -0.2) is 24.2 Å². The van der Waals surface area contributed by atoms with Gasteiger partial charge in [-0.2, -0.15) is 5.26 Å². The lowest BCUT2D eigenvalue weighted by atomic mass is 10.1. The van der Waals surface area contributed by atoms with Crippen LogP contribution >= 0.6 is 0 Å². The summed E-state index contributed by atoms with van der Waals surface area (Å²) in [5.41, 5.74) is 1.60. The van der Waals surface area contributed by atoms with Crippen LogP contribution in [0.1, 0.15) is 29.7 Å². The molecule has 23 heavy (non-hydrogen) atoms. The first-order chi connectivity index (χ1) is 11.2. The number of benzene rings is 1. The van der Waals surface area contributed by atoms with Gasteiger partial charge in [-0.3, -0.25) is 0 Å². The van der Waals surface area contributed by atoms with Crippen LogP contribution in [0.5, 0.6) is 5.88 Å². The molecule has 0 amide bonds.